The number of piperidine rings is 1. The highest BCUT2D eigenvalue weighted by Crippen LogP contribution is 2.17. The average molecular weight is 272 g/mol. The Morgan fingerprint density at radius 1 is 1.42 bits per heavy atom. The summed E-state index contributed by atoms with van der Waals surface area (Å²) < 4.78 is 4.98. The Labute approximate surface area is 114 Å². The number of carbonyl (C=O) groups is 2. The van der Waals surface area contributed by atoms with Crippen LogP contribution >= 0.6 is 0 Å². The number of hydrogen-bond donors (Lipinski definition) is 2. The lowest BCUT2D eigenvalue weighted by atomic mass is 9.97. The fourth-order valence-corrected chi connectivity index (χ4v) is 2.15. The van der Waals surface area contributed by atoms with E-state index >= 15 is 0 Å². The molecule has 0 aromatic carbocycles. The zero-order valence-corrected chi connectivity index (χ0v) is 11.7. The predicted octanol–water partition coefficient (Wildman–Crippen LogP) is 0.324. The largest absolute Gasteiger partial charge is 0.481 e. The molecule has 1 atom stereocenters. The Bertz CT molecular complexity index is 301. The van der Waals surface area contributed by atoms with Gasteiger partial charge in [0, 0.05) is 32.8 Å². The maximum absolute atomic E-state index is 11.9. The Morgan fingerprint density at radius 2 is 2.05 bits per heavy atom. The molecule has 0 saturated carbocycles. The maximum atomic E-state index is 11.9. The number of nitrogens with one attached hydrogen (secondary N) is 1. The molecular formula is C13H24N2O4. The first-order valence-corrected chi connectivity index (χ1v) is 6.77. The molecule has 1 rings (SSSR count). The molecule has 0 bridgehead atoms. The summed E-state index contributed by atoms with van der Waals surface area (Å²) in [6.45, 7) is 4.09. The van der Waals surface area contributed by atoms with Gasteiger partial charge in [0.15, 0.2) is 0 Å². The van der Waals surface area contributed by atoms with Crippen LogP contribution in [0.3, 0.4) is 0 Å². The van der Waals surface area contributed by atoms with Crippen LogP contribution in [-0.2, 0) is 14.3 Å². The number of amides is 1. The van der Waals surface area contributed by atoms with Gasteiger partial charge < -0.3 is 20.1 Å². The van der Waals surface area contributed by atoms with E-state index in [1.165, 1.54) is 0 Å². The minimum atomic E-state index is -0.751. The molecule has 19 heavy (non-hydrogen) atoms. The summed E-state index contributed by atoms with van der Waals surface area (Å²) in [5.41, 5.74) is 0. The molecule has 6 nitrogen and oxygen atoms in total. The lowest BCUT2D eigenvalue weighted by Gasteiger charge is -2.30. The minimum absolute atomic E-state index is 0.0492. The number of aliphatic carboxylic acids is 1. The summed E-state index contributed by atoms with van der Waals surface area (Å²) in [5.74, 6) is -0.996. The van der Waals surface area contributed by atoms with Crippen LogP contribution in [0, 0.1) is 5.92 Å². The van der Waals surface area contributed by atoms with Crippen LogP contribution in [0.15, 0.2) is 0 Å². The summed E-state index contributed by atoms with van der Waals surface area (Å²) in [6.07, 6.45) is 1.98. The second kappa shape index (κ2) is 8.12. The maximum Gasteiger partial charge on any atom is 0.306 e. The number of methoxy groups -OCH3 is 1. The highest BCUT2D eigenvalue weighted by Gasteiger charge is 2.26. The van der Waals surface area contributed by atoms with Crippen molar-refractivity contribution in [2.45, 2.75) is 32.2 Å². The Morgan fingerprint density at radius 3 is 2.58 bits per heavy atom. The van der Waals surface area contributed by atoms with Crippen molar-refractivity contribution in [2.75, 3.05) is 33.4 Å². The number of carboxylic acid groups (broad SMARTS) is 1. The fraction of sp³-hybridized carbons (Fsp3) is 0.846. The molecule has 0 radical (unpaired) electrons. The van der Waals surface area contributed by atoms with Crippen LogP contribution in [0.2, 0.25) is 0 Å². The topological polar surface area (TPSA) is 78.9 Å². The van der Waals surface area contributed by atoms with Gasteiger partial charge in [0.05, 0.1) is 12.5 Å². The number of likely N-dealkylation sites (tertiary alicyclic amines) is 1. The fourth-order valence-electron chi connectivity index (χ4n) is 2.15. The summed E-state index contributed by atoms with van der Waals surface area (Å²) in [4.78, 5) is 24.5. The highest BCUT2D eigenvalue weighted by atomic mass is 16.5. The van der Waals surface area contributed by atoms with Crippen LogP contribution < -0.4 is 5.32 Å². The van der Waals surface area contributed by atoms with E-state index in [9.17, 15) is 9.59 Å². The third kappa shape index (κ3) is 5.57. The number of hydrogen-bond acceptors (Lipinski definition) is 4. The number of ether oxygens (including phenoxy) is 1. The number of rotatable bonds is 7. The first-order valence-electron chi connectivity index (χ1n) is 6.77. The molecule has 1 aliphatic rings. The van der Waals surface area contributed by atoms with Crippen LogP contribution in [0.5, 0.6) is 0 Å². The third-order valence-electron chi connectivity index (χ3n) is 3.55. The van der Waals surface area contributed by atoms with E-state index in [0.717, 1.165) is 6.42 Å². The van der Waals surface area contributed by atoms with Crippen molar-refractivity contribution in [3.8, 4) is 0 Å². The van der Waals surface area contributed by atoms with Crippen LogP contribution in [0.4, 0.5) is 0 Å². The van der Waals surface area contributed by atoms with E-state index < -0.39 is 5.97 Å². The van der Waals surface area contributed by atoms with Crippen LogP contribution in [0.25, 0.3) is 0 Å². The van der Waals surface area contributed by atoms with Gasteiger partial charge in [-0.05, 0) is 26.2 Å². The smallest absolute Gasteiger partial charge is 0.306 e. The lowest BCUT2D eigenvalue weighted by Crippen LogP contribution is -2.45. The average Bonchev–Trinajstić information content (AvgIpc) is 2.42. The number of carbonyl (C=O) groups excluding carboxylic acids is 1. The third-order valence-corrected chi connectivity index (χ3v) is 3.55. The molecule has 1 heterocycles. The number of carboxylic acids is 1. The van der Waals surface area contributed by atoms with Gasteiger partial charge in [-0.15, -0.1) is 0 Å². The Balaban J connectivity index is 2.22. The van der Waals surface area contributed by atoms with Gasteiger partial charge in [-0.2, -0.15) is 0 Å². The van der Waals surface area contributed by atoms with E-state index in [0.29, 0.717) is 39.1 Å². The van der Waals surface area contributed by atoms with Crippen molar-refractivity contribution in [2.24, 2.45) is 5.92 Å². The second-order valence-corrected chi connectivity index (χ2v) is 5.06. The van der Waals surface area contributed by atoms with E-state index in [-0.39, 0.29) is 17.9 Å². The van der Waals surface area contributed by atoms with Gasteiger partial charge in [0.25, 0.3) is 0 Å². The van der Waals surface area contributed by atoms with E-state index in [4.69, 9.17) is 9.84 Å². The molecule has 1 unspecified atom stereocenters. The van der Waals surface area contributed by atoms with Gasteiger partial charge in [0.1, 0.15) is 0 Å². The zero-order chi connectivity index (χ0) is 14.3. The molecule has 1 fully saturated rings. The van der Waals surface area contributed by atoms with Gasteiger partial charge in [0.2, 0.25) is 5.91 Å². The first kappa shape index (κ1) is 15.9. The summed E-state index contributed by atoms with van der Waals surface area (Å²) >= 11 is 0. The minimum Gasteiger partial charge on any atom is -0.481 e. The van der Waals surface area contributed by atoms with Gasteiger partial charge in [-0.1, -0.05) is 0 Å². The van der Waals surface area contributed by atoms with Gasteiger partial charge in [-0.3, -0.25) is 9.59 Å². The van der Waals surface area contributed by atoms with Crippen LogP contribution in [-0.4, -0.2) is 61.3 Å². The first-order chi connectivity index (χ1) is 9.04. The van der Waals surface area contributed by atoms with Crippen LogP contribution in [0.1, 0.15) is 26.2 Å². The van der Waals surface area contributed by atoms with Crippen molar-refractivity contribution in [3.05, 3.63) is 0 Å². The summed E-state index contributed by atoms with van der Waals surface area (Å²) in [6, 6.07) is 0.237. The van der Waals surface area contributed by atoms with Crippen molar-refractivity contribution in [1.29, 1.82) is 0 Å². The predicted molar refractivity (Wildman–Crippen MR) is 70.9 cm³/mol. The van der Waals surface area contributed by atoms with Crippen molar-refractivity contribution in [1.82, 2.24) is 10.2 Å². The van der Waals surface area contributed by atoms with E-state index in [1.807, 2.05) is 6.92 Å². The van der Waals surface area contributed by atoms with E-state index in [1.54, 1.807) is 12.0 Å². The quantitative estimate of drug-likeness (QED) is 0.698. The number of nitrogens with zero attached hydrogens (tertiary/aromatic N) is 1. The second-order valence-electron chi connectivity index (χ2n) is 5.06. The SMILES string of the molecule is COCCC(C)NCC(=O)N1CCC(C(=O)O)CC1. The lowest BCUT2D eigenvalue weighted by molar-refractivity contribution is -0.145. The summed E-state index contributed by atoms with van der Waals surface area (Å²) in [7, 11) is 1.66. The summed E-state index contributed by atoms with van der Waals surface area (Å²) in [5, 5.41) is 12.1. The highest BCUT2D eigenvalue weighted by molar-refractivity contribution is 5.79. The standard InChI is InChI=1S/C13H24N2O4/c1-10(5-8-19-2)14-9-12(16)15-6-3-11(4-7-15)13(17)18/h10-11,14H,3-9H2,1-2H3,(H,17,18). The Hall–Kier alpha value is -1.14. The zero-order valence-electron chi connectivity index (χ0n) is 11.7. The molecule has 2 N–H and O–H groups in total. The van der Waals surface area contributed by atoms with Crippen molar-refractivity contribution in [3.63, 3.8) is 0 Å². The molecular weight excluding hydrogens is 248 g/mol. The molecule has 1 aliphatic heterocycles. The molecule has 0 aromatic rings. The van der Waals surface area contributed by atoms with Crippen molar-refractivity contribution >= 4 is 11.9 Å². The van der Waals surface area contributed by atoms with Gasteiger partial charge >= 0.3 is 5.97 Å². The monoisotopic (exact) mass is 272 g/mol. The van der Waals surface area contributed by atoms with E-state index in [2.05, 4.69) is 5.32 Å². The Kier molecular flexibility index (Phi) is 6.80. The molecule has 1 amide bonds. The van der Waals surface area contributed by atoms with Crippen molar-refractivity contribution < 1.29 is 19.4 Å². The van der Waals surface area contributed by atoms with Gasteiger partial charge in [-0.25, -0.2) is 0 Å². The molecule has 110 valence electrons. The molecule has 6 heteroatoms. The normalized spacial score (nSPS) is 18.3. The molecule has 0 spiro atoms. The molecule has 0 aliphatic carbocycles. The molecule has 0 aromatic heterocycles. The molecule has 1 saturated heterocycles.